The summed E-state index contributed by atoms with van der Waals surface area (Å²) >= 11 is 0. The lowest BCUT2D eigenvalue weighted by molar-refractivity contribution is -0.00175. The van der Waals surface area contributed by atoms with E-state index >= 15 is 0 Å². The maximum atomic E-state index is 5.79. The van der Waals surface area contributed by atoms with Crippen LogP contribution in [0.25, 0.3) is 0 Å². The summed E-state index contributed by atoms with van der Waals surface area (Å²) in [5.74, 6) is 1.01. The zero-order valence-corrected chi connectivity index (χ0v) is 12.2. The minimum Gasteiger partial charge on any atom is -0.374 e. The fourth-order valence-corrected chi connectivity index (χ4v) is 3.49. The molecule has 0 bridgehead atoms. The zero-order chi connectivity index (χ0) is 12.8. The van der Waals surface area contributed by atoms with Gasteiger partial charge in [-0.05, 0) is 38.6 Å². The largest absolute Gasteiger partial charge is 0.374 e. The highest BCUT2D eigenvalue weighted by atomic mass is 16.5. The van der Waals surface area contributed by atoms with Gasteiger partial charge in [0, 0.05) is 25.7 Å². The molecule has 0 radical (unpaired) electrons. The molecule has 3 nitrogen and oxygen atoms in total. The van der Waals surface area contributed by atoms with E-state index in [4.69, 9.17) is 4.74 Å². The molecule has 0 aromatic carbocycles. The monoisotopic (exact) mass is 254 g/mol. The van der Waals surface area contributed by atoms with Gasteiger partial charge in [-0.15, -0.1) is 0 Å². The summed E-state index contributed by atoms with van der Waals surface area (Å²) in [4.78, 5) is 2.54. The average molecular weight is 254 g/mol. The Morgan fingerprint density at radius 1 is 1.22 bits per heavy atom. The van der Waals surface area contributed by atoms with Crippen LogP contribution in [0.1, 0.15) is 45.4 Å². The minimum atomic E-state index is 0.400. The van der Waals surface area contributed by atoms with E-state index in [1.54, 1.807) is 0 Å². The first-order chi connectivity index (χ1) is 8.79. The molecule has 0 aromatic heterocycles. The van der Waals surface area contributed by atoms with Crippen LogP contribution in [0.5, 0.6) is 0 Å². The van der Waals surface area contributed by atoms with E-state index in [1.807, 2.05) is 0 Å². The van der Waals surface area contributed by atoms with Gasteiger partial charge in [-0.3, -0.25) is 0 Å². The van der Waals surface area contributed by atoms with E-state index in [-0.39, 0.29) is 0 Å². The van der Waals surface area contributed by atoms with Crippen LogP contribution in [0.3, 0.4) is 0 Å². The van der Waals surface area contributed by atoms with Crippen LogP contribution in [-0.4, -0.2) is 50.3 Å². The van der Waals surface area contributed by atoms with Crippen molar-refractivity contribution in [2.45, 2.75) is 57.6 Å². The zero-order valence-electron chi connectivity index (χ0n) is 12.2. The molecule has 1 atom stereocenters. The van der Waals surface area contributed by atoms with E-state index in [1.165, 1.54) is 38.5 Å². The van der Waals surface area contributed by atoms with E-state index in [0.717, 1.165) is 38.2 Å². The number of nitrogens with one attached hydrogen (secondary N) is 1. The fraction of sp³-hybridized carbons (Fsp3) is 1.00. The lowest BCUT2D eigenvalue weighted by atomic mass is 9.83. The average Bonchev–Trinajstić information content (AvgIpc) is 2.41. The first-order valence-electron chi connectivity index (χ1n) is 7.82. The van der Waals surface area contributed by atoms with E-state index in [0.29, 0.717) is 6.10 Å². The molecule has 106 valence electrons. The quantitative estimate of drug-likeness (QED) is 0.814. The molecule has 1 saturated heterocycles. The number of morpholine rings is 1. The lowest BCUT2D eigenvalue weighted by Gasteiger charge is -2.37. The molecular weight excluding hydrogens is 224 g/mol. The first-order valence-corrected chi connectivity index (χ1v) is 7.82. The number of hydrogen-bond acceptors (Lipinski definition) is 3. The minimum absolute atomic E-state index is 0.400. The molecule has 0 aromatic rings. The third-order valence-electron chi connectivity index (χ3n) is 4.63. The van der Waals surface area contributed by atoms with Crippen molar-refractivity contribution in [2.24, 2.45) is 5.92 Å². The summed E-state index contributed by atoms with van der Waals surface area (Å²) in [5, 5.41) is 3.42. The van der Waals surface area contributed by atoms with Gasteiger partial charge in [-0.2, -0.15) is 0 Å². The molecule has 1 unspecified atom stereocenters. The maximum Gasteiger partial charge on any atom is 0.0826 e. The van der Waals surface area contributed by atoms with Crippen molar-refractivity contribution >= 4 is 0 Å². The molecule has 1 aliphatic heterocycles. The Bertz CT molecular complexity index is 221. The number of likely N-dealkylation sites (N-methyl/N-ethyl adjacent to an activating group) is 1. The third-order valence-corrected chi connectivity index (χ3v) is 4.63. The molecule has 0 spiro atoms. The summed E-state index contributed by atoms with van der Waals surface area (Å²) in [7, 11) is 2.28. The van der Waals surface area contributed by atoms with Gasteiger partial charge in [0.1, 0.15) is 0 Å². The van der Waals surface area contributed by atoms with E-state index < -0.39 is 0 Å². The van der Waals surface area contributed by atoms with Crippen molar-refractivity contribution in [1.82, 2.24) is 10.2 Å². The summed E-state index contributed by atoms with van der Waals surface area (Å²) in [6.07, 6.45) is 8.85. The summed E-state index contributed by atoms with van der Waals surface area (Å²) < 4.78 is 5.79. The Hall–Kier alpha value is -0.120. The van der Waals surface area contributed by atoms with Crippen molar-refractivity contribution in [3.63, 3.8) is 0 Å². The normalized spacial score (nSPS) is 33.8. The Morgan fingerprint density at radius 3 is 2.61 bits per heavy atom. The molecule has 2 rings (SSSR count). The predicted molar refractivity (Wildman–Crippen MR) is 75.9 cm³/mol. The van der Waals surface area contributed by atoms with Gasteiger partial charge in [-0.25, -0.2) is 0 Å². The molecule has 3 heteroatoms. The summed E-state index contributed by atoms with van der Waals surface area (Å²) in [6.45, 7) is 6.32. The highest BCUT2D eigenvalue weighted by Crippen LogP contribution is 2.30. The second-order valence-electron chi connectivity index (χ2n) is 6.10. The molecule has 1 N–H and O–H groups in total. The highest BCUT2D eigenvalue weighted by Gasteiger charge is 2.25. The fourth-order valence-electron chi connectivity index (χ4n) is 3.49. The SMILES string of the molecule is CCCC1CCC(N(C)CC2CNCCO2)CC1. The van der Waals surface area contributed by atoms with Crippen molar-refractivity contribution < 1.29 is 4.74 Å². The Morgan fingerprint density at radius 2 is 2.00 bits per heavy atom. The molecule has 18 heavy (non-hydrogen) atoms. The number of ether oxygens (including phenoxy) is 1. The van der Waals surface area contributed by atoms with E-state index in [9.17, 15) is 0 Å². The predicted octanol–water partition coefficient (Wildman–Crippen LogP) is 2.27. The maximum absolute atomic E-state index is 5.79. The van der Waals surface area contributed by atoms with Crippen LogP contribution in [0.4, 0.5) is 0 Å². The molecule has 1 saturated carbocycles. The van der Waals surface area contributed by atoms with Gasteiger partial charge in [-0.1, -0.05) is 19.8 Å². The van der Waals surface area contributed by atoms with Crippen LogP contribution >= 0.6 is 0 Å². The number of rotatable bonds is 5. The Balaban J connectivity index is 1.68. The van der Waals surface area contributed by atoms with Crippen LogP contribution in [0.2, 0.25) is 0 Å². The topological polar surface area (TPSA) is 24.5 Å². The lowest BCUT2D eigenvalue weighted by Crippen LogP contribution is -2.47. The summed E-state index contributed by atoms with van der Waals surface area (Å²) in [6, 6.07) is 0.795. The van der Waals surface area contributed by atoms with Crippen molar-refractivity contribution in [3.05, 3.63) is 0 Å². The molecule has 1 aliphatic carbocycles. The van der Waals surface area contributed by atoms with Gasteiger partial charge < -0.3 is 15.0 Å². The molecule has 2 fully saturated rings. The summed E-state index contributed by atoms with van der Waals surface area (Å²) in [5.41, 5.74) is 0. The van der Waals surface area contributed by atoms with Crippen molar-refractivity contribution in [3.8, 4) is 0 Å². The standard InChI is InChI=1S/C15H30N2O/c1-3-4-13-5-7-14(8-6-13)17(2)12-15-11-16-9-10-18-15/h13-16H,3-12H2,1-2H3. The second-order valence-corrected chi connectivity index (χ2v) is 6.10. The van der Waals surface area contributed by atoms with Crippen LogP contribution in [-0.2, 0) is 4.74 Å². The van der Waals surface area contributed by atoms with Gasteiger partial charge in [0.15, 0.2) is 0 Å². The van der Waals surface area contributed by atoms with Crippen molar-refractivity contribution in [2.75, 3.05) is 33.3 Å². The van der Waals surface area contributed by atoms with Crippen LogP contribution in [0, 0.1) is 5.92 Å². The van der Waals surface area contributed by atoms with E-state index in [2.05, 4.69) is 24.2 Å². The third kappa shape index (κ3) is 4.22. The molecular formula is C15H30N2O. The highest BCUT2D eigenvalue weighted by molar-refractivity contribution is 4.80. The molecule has 2 aliphatic rings. The van der Waals surface area contributed by atoms with Gasteiger partial charge >= 0.3 is 0 Å². The van der Waals surface area contributed by atoms with Gasteiger partial charge in [0.05, 0.1) is 12.7 Å². The number of hydrogen-bond donors (Lipinski definition) is 1. The van der Waals surface area contributed by atoms with Gasteiger partial charge in [0.25, 0.3) is 0 Å². The van der Waals surface area contributed by atoms with Crippen molar-refractivity contribution in [1.29, 1.82) is 0 Å². The van der Waals surface area contributed by atoms with Gasteiger partial charge in [0.2, 0.25) is 0 Å². The van der Waals surface area contributed by atoms with Crippen LogP contribution in [0.15, 0.2) is 0 Å². The Kier molecular flexibility index (Phi) is 5.93. The smallest absolute Gasteiger partial charge is 0.0826 e. The second kappa shape index (κ2) is 7.46. The molecule has 1 heterocycles. The number of nitrogens with zero attached hydrogens (tertiary/aromatic N) is 1. The first kappa shape index (κ1) is 14.3. The molecule has 0 amide bonds. The van der Waals surface area contributed by atoms with Crippen LogP contribution < -0.4 is 5.32 Å². The Labute approximate surface area is 112 Å².